The monoisotopic (exact) mass is 130 g/mol. The van der Waals surface area contributed by atoms with E-state index in [4.69, 9.17) is 0 Å². The Hall–Kier alpha value is -0.760. The van der Waals surface area contributed by atoms with Crippen LogP contribution in [0.5, 0.6) is 0 Å². The molecule has 0 saturated heterocycles. The summed E-state index contributed by atoms with van der Waals surface area (Å²) in [6, 6.07) is 0. The number of nitrogens with one attached hydrogen (secondary N) is 1. The van der Waals surface area contributed by atoms with Gasteiger partial charge in [-0.25, -0.2) is 4.99 Å². The van der Waals surface area contributed by atoms with Crippen molar-refractivity contribution in [3.63, 3.8) is 0 Å². The van der Waals surface area contributed by atoms with Gasteiger partial charge in [-0.05, 0) is 12.2 Å². The number of aliphatic imine (C=N–C) groups is 1. The van der Waals surface area contributed by atoms with Crippen LogP contribution in [-0.4, -0.2) is 6.34 Å². The van der Waals surface area contributed by atoms with E-state index in [0.717, 1.165) is 0 Å². The Morgan fingerprint density at radius 3 is 3.00 bits per heavy atom. The molecular formula is C5H7ClN2. The van der Waals surface area contributed by atoms with Gasteiger partial charge in [-0.3, -0.25) is 0 Å². The van der Waals surface area contributed by atoms with Crippen molar-refractivity contribution in [1.29, 1.82) is 0 Å². The van der Waals surface area contributed by atoms with Gasteiger partial charge in [-0.15, -0.1) is 12.4 Å². The van der Waals surface area contributed by atoms with Gasteiger partial charge in [-0.1, -0.05) is 0 Å². The summed E-state index contributed by atoms with van der Waals surface area (Å²) < 4.78 is 0. The highest BCUT2D eigenvalue weighted by Crippen LogP contribution is 1.77. The molecule has 0 aliphatic carbocycles. The first-order valence-electron chi connectivity index (χ1n) is 2.09. The fourth-order valence-corrected chi connectivity index (χ4v) is 0.340. The van der Waals surface area contributed by atoms with Crippen LogP contribution in [0.2, 0.25) is 0 Å². The molecule has 0 bridgehead atoms. The van der Waals surface area contributed by atoms with Crippen LogP contribution in [0, 0.1) is 0 Å². The smallest absolute Gasteiger partial charge is 0.0918 e. The number of hydrogen-bond acceptors (Lipinski definition) is 2. The lowest BCUT2D eigenvalue weighted by Gasteiger charge is -1.77. The molecule has 0 atom stereocenters. The number of halogens is 1. The minimum atomic E-state index is 0. The van der Waals surface area contributed by atoms with E-state index < -0.39 is 0 Å². The van der Waals surface area contributed by atoms with Crippen molar-refractivity contribution in [2.75, 3.05) is 0 Å². The Kier molecular flexibility index (Phi) is 3.98. The second-order valence-corrected chi connectivity index (χ2v) is 1.15. The molecule has 1 rings (SSSR count). The lowest BCUT2D eigenvalue weighted by molar-refractivity contribution is 1.32. The molecule has 0 amide bonds. The Labute approximate surface area is 54.4 Å². The summed E-state index contributed by atoms with van der Waals surface area (Å²) in [6.07, 6.45) is 8.90. The number of hydrogen-bond donors (Lipinski definition) is 1. The van der Waals surface area contributed by atoms with Crippen LogP contribution in [0.25, 0.3) is 0 Å². The van der Waals surface area contributed by atoms with Gasteiger partial charge in [0.2, 0.25) is 0 Å². The summed E-state index contributed by atoms with van der Waals surface area (Å²) in [4.78, 5) is 3.79. The van der Waals surface area contributed by atoms with Gasteiger partial charge in [0.25, 0.3) is 0 Å². The Balaban J connectivity index is 0.000000490. The Bertz CT molecular complexity index is 112. The van der Waals surface area contributed by atoms with Crippen LogP contribution in [0.4, 0.5) is 0 Å². The SMILES string of the molecule is C1=CN=CNC=C1.Cl. The number of rotatable bonds is 0. The maximum absolute atomic E-state index is 3.79. The second-order valence-electron chi connectivity index (χ2n) is 1.15. The molecule has 0 spiro atoms. The first kappa shape index (κ1) is 7.24. The van der Waals surface area contributed by atoms with E-state index in [1.165, 1.54) is 0 Å². The quantitative estimate of drug-likeness (QED) is 0.521. The minimum Gasteiger partial charge on any atom is -0.353 e. The van der Waals surface area contributed by atoms with Gasteiger partial charge in [0, 0.05) is 12.4 Å². The van der Waals surface area contributed by atoms with Crippen LogP contribution >= 0.6 is 12.4 Å². The van der Waals surface area contributed by atoms with Crippen LogP contribution in [0.15, 0.2) is 29.5 Å². The summed E-state index contributed by atoms with van der Waals surface area (Å²) in [5.41, 5.74) is 0. The lowest BCUT2D eigenvalue weighted by Crippen LogP contribution is -1.96. The molecule has 1 aliphatic rings. The molecule has 3 heteroatoms. The summed E-state index contributed by atoms with van der Waals surface area (Å²) >= 11 is 0. The summed E-state index contributed by atoms with van der Waals surface area (Å²) in [5.74, 6) is 0. The first-order chi connectivity index (χ1) is 3.50. The topological polar surface area (TPSA) is 24.4 Å². The molecule has 8 heavy (non-hydrogen) atoms. The molecule has 44 valence electrons. The standard InChI is InChI=1S/C5H6N2.ClH/c1-2-4-7-5-6-3-1;/h1-5H,(H,6,7);1H. The van der Waals surface area contributed by atoms with Crippen molar-refractivity contribution in [3.8, 4) is 0 Å². The summed E-state index contributed by atoms with van der Waals surface area (Å²) in [5, 5.41) is 2.81. The molecule has 0 aromatic carbocycles. The van der Waals surface area contributed by atoms with Crippen molar-refractivity contribution in [1.82, 2.24) is 5.32 Å². The molecular weight excluding hydrogens is 124 g/mol. The van der Waals surface area contributed by atoms with Crippen LogP contribution in [0.1, 0.15) is 0 Å². The Morgan fingerprint density at radius 1 is 1.25 bits per heavy atom. The molecule has 0 aromatic heterocycles. The fraction of sp³-hybridized carbons (Fsp3) is 0. The third kappa shape index (κ3) is 2.42. The van der Waals surface area contributed by atoms with Crippen molar-refractivity contribution in [2.45, 2.75) is 0 Å². The lowest BCUT2D eigenvalue weighted by atomic mass is 10.6. The van der Waals surface area contributed by atoms with E-state index in [0.29, 0.717) is 0 Å². The minimum absolute atomic E-state index is 0. The van der Waals surface area contributed by atoms with E-state index in [1.807, 2.05) is 18.4 Å². The van der Waals surface area contributed by atoms with E-state index in [9.17, 15) is 0 Å². The molecule has 1 N–H and O–H groups in total. The molecule has 0 fully saturated rings. The van der Waals surface area contributed by atoms with Crippen molar-refractivity contribution >= 4 is 18.7 Å². The van der Waals surface area contributed by atoms with Gasteiger partial charge in [0.05, 0.1) is 6.34 Å². The third-order valence-electron chi connectivity index (χ3n) is 0.625. The number of nitrogens with zero attached hydrogens (tertiary/aromatic N) is 1. The average Bonchev–Trinajstić information content (AvgIpc) is 1.90. The highest BCUT2D eigenvalue weighted by atomic mass is 35.5. The molecule has 1 heterocycles. The predicted molar refractivity (Wildman–Crippen MR) is 37.2 cm³/mol. The van der Waals surface area contributed by atoms with Gasteiger partial charge in [0.1, 0.15) is 0 Å². The zero-order valence-electron chi connectivity index (χ0n) is 4.24. The normalized spacial score (nSPS) is 14.0. The summed E-state index contributed by atoms with van der Waals surface area (Å²) in [6.45, 7) is 0. The van der Waals surface area contributed by atoms with E-state index in [1.54, 1.807) is 12.5 Å². The van der Waals surface area contributed by atoms with E-state index >= 15 is 0 Å². The molecule has 1 aliphatic heterocycles. The largest absolute Gasteiger partial charge is 0.353 e. The summed E-state index contributed by atoms with van der Waals surface area (Å²) in [7, 11) is 0. The first-order valence-corrected chi connectivity index (χ1v) is 2.09. The van der Waals surface area contributed by atoms with Gasteiger partial charge in [0.15, 0.2) is 0 Å². The molecule has 0 unspecified atom stereocenters. The van der Waals surface area contributed by atoms with E-state index in [-0.39, 0.29) is 12.4 Å². The van der Waals surface area contributed by atoms with Crippen molar-refractivity contribution in [3.05, 3.63) is 24.6 Å². The average molecular weight is 131 g/mol. The maximum Gasteiger partial charge on any atom is 0.0918 e. The zero-order chi connectivity index (χ0) is 4.95. The molecule has 0 aromatic rings. The number of allylic oxidation sites excluding steroid dienone is 2. The predicted octanol–water partition coefficient (Wildman–Crippen LogP) is 1.07. The molecule has 0 saturated carbocycles. The van der Waals surface area contributed by atoms with Crippen LogP contribution in [-0.2, 0) is 0 Å². The zero-order valence-corrected chi connectivity index (χ0v) is 5.06. The van der Waals surface area contributed by atoms with Crippen molar-refractivity contribution < 1.29 is 0 Å². The molecule has 2 nitrogen and oxygen atoms in total. The van der Waals surface area contributed by atoms with Gasteiger partial charge in [-0.2, -0.15) is 0 Å². The highest BCUT2D eigenvalue weighted by Gasteiger charge is 1.68. The second kappa shape index (κ2) is 4.40. The highest BCUT2D eigenvalue weighted by molar-refractivity contribution is 5.85. The van der Waals surface area contributed by atoms with E-state index in [2.05, 4.69) is 10.3 Å². The Morgan fingerprint density at radius 2 is 2.12 bits per heavy atom. The van der Waals surface area contributed by atoms with Gasteiger partial charge >= 0.3 is 0 Å². The fourth-order valence-electron chi connectivity index (χ4n) is 0.340. The van der Waals surface area contributed by atoms with Crippen LogP contribution in [0.3, 0.4) is 0 Å². The van der Waals surface area contributed by atoms with Gasteiger partial charge < -0.3 is 5.32 Å². The van der Waals surface area contributed by atoms with Crippen molar-refractivity contribution in [2.24, 2.45) is 4.99 Å². The molecule has 0 radical (unpaired) electrons. The third-order valence-corrected chi connectivity index (χ3v) is 0.625. The maximum atomic E-state index is 3.79. The van der Waals surface area contributed by atoms with Crippen LogP contribution < -0.4 is 5.32 Å².